The van der Waals surface area contributed by atoms with Gasteiger partial charge in [-0.2, -0.15) is 5.10 Å². The minimum Gasteiger partial charge on any atom is -0.349 e. The van der Waals surface area contributed by atoms with Crippen LogP contribution in [0.15, 0.2) is 6.20 Å². The molecule has 1 saturated carbocycles. The molecule has 0 unspecified atom stereocenters. The lowest BCUT2D eigenvalue weighted by atomic mass is 10.1. The average Bonchev–Trinajstić information content (AvgIpc) is 3.18. The van der Waals surface area contributed by atoms with Gasteiger partial charge in [-0.25, -0.2) is 0 Å². The second kappa shape index (κ2) is 6.57. The molecule has 1 aliphatic carbocycles. The average molecular weight is 367 g/mol. The van der Waals surface area contributed by atoms with Gasteiger partial charge >= 0.3 is 0 Å². The largest absolute Gasteiger partial charge is 0.349 e. The highest BCUT2D eigenvalue weighted by Crippen LogP contribution is 2.34. The van der Waals surface area contributed by atoms with Crippen LogP contribution in [-0.4, -0.2) is 27.6 Å². The molecule has 2 aromatic rings. The zero-order valence-corrected chi connectivity index (χ0v) is 15.3. The van der Waals surface area contributed by atoms with E-state index in [1.54, 1.807) is 7.05 Å². The van der Waals surface area contributed by atoms with Crippen molar-refractivity contribution in [2.24, 2.45) is 7.05 Å². The molecule has 0 bridgehead atoms. The molecule has 8 heteroatoms. The predicted molar refractivity (Wildman–Crippen MR) is 95.1 cm³/mol. The van der Waals surface area contributed by atoms with Crippen LogP contribution in [0, 0.1) is 6.92 Å². The molecule has 2 aromatic heterocycles. The van der Waals surface area contributed by atoms with E-state index in [4.69, 9.17) is 11.6 Å². The predicted octanol–water partition coefficient (Wildman–Crippen LogP) is 3.15. The van der Waals surface area contributed by atoms with Crippen LogP contribution in [-0.2, 0) is 13.5 Å². The molecule has 6 nitrogen and oxygen atoms in total. The fourth-order valence-corrected chi connectivity index (χ4v) is 4.04. The number of aryl methyl sites for hydroxylation is 2. The Kier molecular flexibility index (Phi) is 4.64. The number of carbonyl (C=O) groups excluding carboxylic acids is 2. The van der Waals surface area contributed by atoms with Crippen molar-refractivity contribution >= 4 is 39.8 Å². The first-order valence-electron chi connectivity index (χ1n) is 7.84. The summed E-state index contributed by atoms with van der Waals surface area (Å²) in [6.07, 6.45) is 4.19. The van der Waals surface area contributed by atoms with E-state index in [-0.39, 0.29) is 28.6 Å². The minimum atomic E-state index is -0.371. The second-order valence-electron chi connectivity index (χ2n) is 5.86. The Hall–Kier alpha value is -1.86. The van der Waals surface area contributed by atoms with Crippen LogP contribution >= 0.6 is 22.9 Å². The summed E-state index contributed by atoms with van der Waals surface area (Å²) in [7, 11) is 1.65. The standard InChI is InChI=1S/C16H19ClN4O2S/c1-4-10-8(2)24-16(12(10)14(22)19-9-5-6-9)20-15(23)13-11(17)7-18-21(13)3/h7,9H,4-6H2,1-3H3,(H,19,22)(H,20,23). The number of nitrogens with one attached hydrogen (secondary N) is 2. The summed E-state index contributed by atoms with van der Waals surface area (Å²) in [5, 5.41) is 10.7. The number of hydrogen-bond acceptors (Lipinski definition) is 4. The molecular formula is C16H19ClN4O2S. The van der Waals surface area contributed by atoms with E-state index in [0.29, 0.717) is 10.6 Å². The molecular weight excluding hydrogens is 348 g/mol. The number of rotatable bonds is 5. The van der Waals surface area contributed by atoms with E-state index in [1.165, 1.54) is 22.2 Å². The fourth-order valence-electron chi connectivity index (χ4n) is 2.65. The normalized spacial score (nSPS) is 13.8. The maximum atomic E-state index is 12.6. The number of thiophene rings is 1. The van der Waals surface area contributed by atoms with Gasteiger partial charge in [-0.05, 0) is 31.7 Å². The maximum Gasteiger partial charge on any atom is 0.276 e. The minimum absolute atomic E-state index is 0.120. The smallest absolute Gasteiger partial charge is 0.276 e. The number of amides is 2. The first-order valence-corrected chi connectivity index (χ1v) is 9.03. The number of anilines is 1. The Morgan fingerprint density at radius 3 is 2.67 bits per heavy atom. The molecule has 2 heterocycles. The van der Waals surface area contributed by atoms with E-state index in [1.807, 2.05) is 13.8 Å². The van der Waals surface area contributed by atoms with Crippen molar-refractivity contribution in [2.75, 3.05) is 5.32 Å². The number of hydrogen-bond donors (Lipinski definition) is 2. The van der Waals surface area contributed by atoms with Gasteiger partial charge in [-0.3, -0.25) is 14.3 Å². The van der Waals surface area contributed by atoms with Crippen molar-refractivity contribution < 1.29 is 9.59 Å². The molecule has 0 radical (unpaired) electrons. The van der Waals surface area contributed by atoms with Gasteiger partial charge in [0.25, 0.3) is 11.8 Å². The monoisotopic (exact) mass is 366 g/mol. The van der Waals surface area contributed by atoms with Gasteiger partial charge < -0.3 is 10.6 Å². The molecule has 3 rings (SSSR count). The first kappa shape index (κ1) is 17.0. The number of nitrogens with zero attached hydrogens (tertiary/aromatic N) is 2. The van der Waals surface area contributed by atoms with Crippen LogP contribution in [0.25, 0.3) is 0 Å². The summed E-state index contributed by atoms with van der Waals surface area (Å²) in [5.74, 6) is -0.491. The van der Waals surface area contributed by atoms with Gasteiger partial charge in [-0.1, -0.05) is 18.5 Å². The molecule has 24 heavy (non-hydrogen) atoms. The third-order valence-electron chi connectivity index (χ3n) is 4.04. The van der Waals surface area contributed by atoms with E-state index in [9.17, 15) is 9.59 Å². The van der Waals surface area contributed by atoms with Crippen molar-refractivity contribution in [3.63, 3.8) is 0 Å². The summed E-state index contributed by atoms with van der Waals surface area (Å²) in [4.78, 5) is 26.2. The van der Waals surface area contributed by atoms with Gasteiger partial charge in [-0.15, -0.1) is 11.3 Å². The van der Waals surface area contributed by atoms with E-state index >= 15 is 0 Å². The number of halogens is 1. The molecule has 128 valence electrons. The molecule has 0 aliphatic heterocycles. The van der Waals surface area contributed by atoms with Gasteiger partial charge in [0.05, 0.1) is 16.8 Å². The van der Waals surface area contributed by atoms with Gasteiger partial charge in [0.15, 0.2) is 0 Å². The highest BCUT2D eigenvalue weighted by Gasteiger charge is 2.29. The summed E-state index contributed by atoms with van der Waals surface area (Å²) < 4.78 is 1.42. The second-order valence-corrected chi connectivity index (χ2v) is 7.49. The SMILES string of the molecule is CCc1c(C)sc(NC(=O)c2c(Cl)cnn2C)c1C(=O)NC1CC1. The maximum absolute atomic E-state index is 12.6. The van der Waals surface area contributed by atoms with Crippen molar-refractivity contribution in [1.82, 2.24) is 15.1 Å². The third kappa shape index (κ3) is 3.18. The summed E-state index contributed by atoms with van der Waals surface area (Å²) in [5.41, 5.74) is 1.82. The third-order valence-corrected chi connectivity index (χ3v) is 5.38. The van der Waals surface area contributed by atoms with Crippen LogP contribution in [0.3, 0.4) is 0 Å². The highest BCUT2D eigenvalue weighted by molar-refractivity contribution is 7.16. The highest BCUT2D eigenvalue weighted by atomic mass is 35.5. The lowest BCUT2D eigenvalue weighted by Gasteiger charge is -2.09. The first-order chi connectivity index (χ1) is 11.4. The lowest BCUT2D eigenvalue weighted by Crippen LogP contribution is -2.27. The van der Waals surface area contributed by atoms with Crippen molar-refractivity contribution in [1.29, 1.82) is 0 Å². The van der Waals surface area contributed by atoms with E-state index in [0.717, 1.165) is 29.7 Å². The summed E-state index contributed by atoms with van der Waals surface area (Å²) >= 11 is 7.44. The topological polar surface area (TPSA) is 76.0 Å². The fraction of sp³-hybridized carbons (Fsp3) is 0.438. The molecule has 0 saturated heterocycles. The van der Waals surface area contributed by atoms with Crippen LogP contribution in [0.4, 0.5) is 5.00 Å². The molecule has 1 aliphatic rings. The number of carbonyl (C=O) groups is 2. The van der Waals surface area contributed by atoms with Crippen LogP contribution in [0.2, 0.25) is 5.02 Å². The summed E-state index contributed by atoms with van der Waals surface area (Å²) in [6.45, 7) is 3.97. The zero-order chi connectivity index (χ0) is 17.4. The molecule has 1 fully saturated rings. The van der Waals surface area contributed by atoms with E-state index < -0.39 is 0 Å². The number of aromatic nitrogens is 2. The Bertz CT molecular complexity index is 788. The molecule has 2 amide bonds. The Morgan fingerprint density at radius 2 is 2.12 bits per heavy atom. The molecule has 0 spiro atoms. The van der Waals surface area contributed by atoms with Crippen molar-refractivity contribution in [3.05, 3.63) is 32.9 Å². The Labute approximate surface area is 149 Å². The van der Waals surface area contributed by atoms with Gasteiger partial charge in [0.2, 0.25) is 0 Å². The van der Waals surface area contributed by atoms with Crippen molar-refractivity contribution in [3.8, 4) is 0 Å². The quantitative estimate of drug-likeness (QED) is 0.853. The van der Waals surface area contributed by atoms with Crippen LogP contribution in [0.5, 0.6) is 0 Å². The Morgan fingerprint density at radius 1 is 1.42 bits per heavy atom. The molecule has 2 N–H and O–H groups in total. The van der Waals surface area contributed by atoms with E-state index in [2.05, 4.69) is 15.7 Å². The molecule has 0 atom stereocenters. The Balaban J connectivity index is 1.92. The lowest BCUT2D eigenvalue weighted by molar-refractivity contribution is 0.0951. The van der Waals surface area contributed by atoms with Gasteiger partial charge in [0.1, 0.15) is 10.7 Å². The van der Waals surface area contributed by atoms with Gasteiger partial charge in [0, 0.05) is 18.0 Å². The van der Waals surface area contributed by atoms with Crippen LogP contribution < -0.4 is 10.6 Å². The summed E-state index contributed by atoms with van der Waals surface area (Å²) in [6, 6.07) is 0.262. The van der Waals surface area contributed by atoms with Crippen LogP contribution in [0.1, 0.15) is 51.1 Å². The molecule has 0 aromatic carbocycles. The van der Waals surface area contributed by atoms with Crippen molar-refractivity contribution in [2.45, 2.75) is 39.2 Å². The zero-order valence-electron chi connectivity index (χ0n) is 13.8.